The highest BCUT2D eigenvalue weighted by Gasteiger charge is 2.28. The van der Waals surface area contributed by atoms with Crippen LogP contribution in [-0.4, -0.2) is 44.4 Å². The number of sulfonamides is 1. The number of esters is 1. The highest BCUT2D eigenvalue weighted by molar-refractivity contribution is 7.89. The van der Waals surface area contributed by atoms with Gasteiger partial charge in [-0.15, -0.1) is 0 Å². The minimum Gasteiger partial charge on any atom is -0.481 e. The van der Waals surface area contributed by atoms with Gasteiger partial charge in [-0.25, -0.2) is 13.1 Å². The van der Waals surface area contributed by atoms with Gasteiger partial charge in [-0.05, 0) is 5.92 Å². The fraction of sp³-hybridized carbons (Fsp3) is 0.778. The Morgan fingerprint density at radius 2 is 1.88 bits per heavy atom. The molecule has 0 radical (unpaired) electrons. The zero-order valence-corrected chi connectivity index (χ0v) is 10.8. The first kappa shape index (κ1) is 15.9. The van der Waals surface area contributed by atoms with Crippen LogP contribution < -0.4 is 4.72 Å². The zero-order chi connectivity index (χ0) is 13.6. The first-order valence-corrected chi connectivity index (χ1v) is 6.64. The monoisotopic (exact) mass is 267 g/mol. The summed E-state index contributed by atoms with van der Waals surface area (Å²) in [5.74, 6) is -2.77. The van der Waals surface area contributed by atoms with E-state index in [0.29, 0.717) is 0 Å². The Bertz CT molecular complexity index is 375. The molecule has 2 N–H and O–H groups in total. The molecule has 7 nitrogen and oxygen atoms in total. The largest absolute Gasteiger partial charge is 0.481 e. The number of nitrogens with one attached hydrogen (secondary N) is 1. The van der Waals surface area contributed by atoms with Crippen LogP contribution in [0.25, 0.3) is 0 Å². The number of carbonyl (C=O) groups is 2. The van der Waals surface area contributed by atoms with Crippen LogP contribution in [0.4, 0.5) is 0 Å². The molecule has 1 atom stereocenters. The van der Waals surface area contributed by atoms with E-state index in [2.05, 4.69) is 9.46 Å². The average molecular weight is 267 g/mol. The van der Waals surface area contributed by atoms with E-state index in [1.54, 1.807) is 13.8 Å². The van der Waals surface area contributed by atoms with Crippen molar-refractivity contribution in [2.24, 2.45) is 5.92 Å². The molecule has 0 rings (SSSR count). The fourth-order valence-corrected chi connectivity index (χ4v) is 2.37. The smallest absolute Gasteiger partial charge is 0.324 e. The zero-order valence-electron chi connectivity index (χ0n) is 9.97. The van der Waals surface area contributed by atoms with Gasteiger partial charge in [-0.1, -0.05) is 13.8 Å². The van der Waals surface area contributed by atoms with Crippen LogP contribution in [0, 0.1) is 5.92 Å². The van der Waals surface area contributed by atoms with Gasteiger partial charge in [0.15, 0.2) is 0 Å². The van der Waals surface area contributed by atoms with Crippen molar-refractivity contribution in [2.75, 3.05) is 12.9 Å². The summed E-state index contributed by atoms with van der Waals surface area (Å²) >= 11 is 0. The minimum absolute atomic E-state index is 0.290. The van der Waals surface area contributed by atoms with E-state index < -0.39 is 40.2 Å². The summed E-state index contributed by atoms with van der Waals surface area (Å²) in [5, 5.41) is 8.39. The lowest BCUT2D eigenvalue weighted by molar-refractivity contribution is -0.143. The molecule has 0 amide bonds. The number of rotatable bonds is 7. The van der Waals surface area contributed by atoms with Crippen molar-refractivity contribution in [1.82, 2.24) is 4.72 Å². The van der Waals surface area contributed by atoms with Crippen molar-refractivity contribution in [1.29, 1.82) is 0 Å². The van der Waals surface area contributed by atoms with E-state index in [4.69, 9.17) is 5.11 Å². The van der Waals surface area contributed by atoms with Crippen LogP contribution in [0.2, 0.25) is 0 Å². The molecule has 8 heteroatoms. The maximum absolute atomic E-state index is 11.5. The number of carboxylic acids is 1. The Morgan fingerprint density at radius 3 is 2.24 bits per heavy atom. The Labute approximate surface area is 100 Å². The summed E-state index contributed by atoms with van der Waals surface area (Å²) in [6, 6.07) is -1.00. The molecule has 0 spiro atoms. The number of methoxy groups -OCH3 is 1. The Kier molecular flexibility index (Phi) is 6.11. The van der Waals surface area contributed by atoms with Crippen molar-refractivity contribution >= 4 is 22.0 Å². The van der Waals surface area contributed by atoms with Gasteiger partial charge in [0.05, 0.1) is 19.3 Å². The number of carbonyl (C=O) groups excluding carboxylic acids is 1. The van der Waals surface area contributed by atoms with Crippen molar-refractivity contribution in [3.05, 3.63) is 0 Å². The molecule has 0 saturated carbocycles. The van der Waals surface area contributed by atoms with Crippen LogP contribution in [0.1, 0.15) is 20.3 Å². The lowest BCUT2D eigenvalue weighted by Gasteiger charge is -2.19. The fourth-order valence-electron chi connectivity index (χ4n) is 1.06. The standard InChI is InChI=1S/C9H17NO6S/c1-6(2)8(9(13)16-3)10-17(14,15)5-4-7(11)12/h6,8,10H,4-5H2,1-3H3,(H,11,12). The number of aliphatic carboxylic acids is 1. The van der Waals surface area contributed by atoms with Crippen LogP contribution >= 0.6 is 0 Å². The normalized spacial score (nSPS) is 13.4. The molecule has 0 fully saturated rings. The summed E-state index contributed by atoms with van der Waals surface area (Å²) in [6.07, 6.45) is -0.513. The maximum atomic E-state index is 11.5. The van der Waals surface area contributed by atoms with Crippen LogP contribution in [-0.2, 0) is 24.3 Å². The molecule has 100 valence electrons. The van der Waals surface area contributed by atoms with E-state index in [9.17, 15) is 18.0 Å². The number of carboxylic acid groups (broad SMARTS) is 1. The van der Waals surface area contributed by atoms with Crippen LogP contribution in [0.3, 0.4) is 0 Å². The molecule has 1 unspecified atom stereocenters. The van der Waals surface area contributed by atoms with E-state index >= 15 is 0 Å². The molecule has 0 aliphatic heterocycles. The minimum atomic E-state index is -3.81. The molecular weight excluding hydrogens is 250 g/mol. The summed E-state index contributed by atoms with van der Waals surface area (Å²) < 4.78 is 29.6. The predicted octanol–water partition coefficient (Wildman–Crippen LogP) is -0.422. The highest BCUT2D eigenvalue weighted by atomic mass is 32.2. The van der Waals surface area contributed by atoms with Crippen molar-refractivity contribution < 1.29 is 27.9 Å². The summed E-state index contributed by atoms with van der Waals surface area (Å²) in [5.41, 5.74) is 0. The Hall–Kier alpha value is -1.15. The number of hydrogen-bond acceptors (Lipinski definition) is 5. The van der Waals surface area contributed by atoms with E-state index in [0.717, 1.165) is 7.11 Å². The molecule has 0 aromatic rings. The molecule has 0 aromatic heterocycles. The van der Waals surface area contributed by atoms with Gasteiger partial charge in [-0.3, -0.25) is 9.59 Å². The molecule has 0 bridgehead atoms. The van der Waals surface area contributed by atoms with Gasteiger partial charge in [0.2, 0.25) is 10.0 Å². The summed E-state index contributed by atoms with van der Waals surface area (Å²) in [6.45, 7) is 3.31. The lowest BCUT2D eigenvalue weighted by Crippen LogP contribution is -2.45. The third kappa shape index (κ3) is 6.22. The van der Waals surface area contributed by atoms with Gasteiger partial charge in [-0.2, -0.15) is 0 Å². The molecule has 0 saturated heterocycles. The number of hydrogen-bond donors (Lipinski definition) is 2. The topological polar surface area (TPSA) is 110 Å². The van der Waals surface area contributed by atoms with E-state index in [1.165, 1.54) is 0 Å². The van der Waals surface area contributed by atoms with Gasteiger partial charge in [0, 0.05) is 0 Å². The molecule has 0 aliphatic carbocycles. The Balaban J connectivity index is 4.64. The first-order chi connectivity index (χ1) is 7.69. The molecule has 0 heterocycles. The first-order valence-electron chi connectivity index (χ1n) is 4.99. The van der Waals surface area contributed by atoms with E-state index in [-0.39, 0.29) is 5.92 Å². The number of ether oxygens (including phenoxy) is 1. The Morgan fingerprint density at radius 1 is 1.35 bits per heavy atom. The van der Waals surface area contributed by atoms with Gasteiger partial charge in [0.25, 0.3) is 0 Å². The van der Waals surface area contributed by atoms with Crippen LogP contribution in [0.15, 0.2) is 0 Å². The molecule has 17 heavy (non-hydrogen) atoms. The van der Waals surface area contributed by atoms with Gasteiger partial charge >= 0.3 is 11.9 Å². The summed E-state index contributed by atoms with van der Waals surface area (Å²) in [4.78, 5) is 21.6. The quantitative estimate of drug-likeness (QED) is 0.606. The molecule has 0 aliphatic rings. The van der Waals surface area contributed by atoms with Crippen molar-refractivity contribution in [3.63, 3.8) is 0 Å². The summed E-state index contributed by atoms with van der Waals surface area (Å²) in [7, 11) is -2.65. The maximum Gasteiger partial charge on any atom is 0.324 e. The highest BCUT2D eigenvalue weighted by Crippen LogP contribution is 2.06. The third-order valence-electron chi connectivity index (χ3n) is 2.01. The molecule has 0 aromatic carbocycles. The second-order valence-electron chi connectivity index (χ2n) is 3.83. The van der Waals surface area contributed by atoms with Gasteiger partial charge < -0.3 is 9.84 Å². The van der Waals surface area contributed by atoms with Crippen molar-refractivity contribution in [3.8, 4) is 0 Å². The van der Waals surface area contributed by atoms with E-state index in [1.807, 2.05) is 0 Å². The molecular formula is C9H17NO6S. The van der Waals surface area contributed by atoms with Crippen molar-refractivity contribution in [2.45, 2.75) is 26.3 Å². The predicted molar refractivity (Wildman–Crippen MR) is 59.8 cm³/mol. The SMILES string of the molecule is COC(=O)C(NS(=O)(=O)CCC(=O)O)C(C)C. The average Bonchev–Trinajstić information content (AvgIpc) is 2.22. The van der Waals surface area contributed by atoms with Crippen LogP contribution in [0.5, 0.6) is 0 Å². The lowest BCUT2D eigenvalue weighted by atomic mass is 10.1. The second-order valence-corrected chi connectivity index (χ2v) is 5.70. The third-order valence-corrected chi connectivity index (χ3v) is 3.37. The second kappa shape index (κ2) is 6.55. The van der Waals surface area contributed by atoms with Gasteiger partial charge in [0.1, 0.15) is 6.04 Å².